The summed E-state index contributed by atoms with van der Waals surface area (Å²) in [7, 11) is 5.50. The Morgan fingerprint density at radius 1 is 0.566 bits per heavy atom. The van der Waals surface area contributed by atoms with E-state index in [1.54, 1.807) is 0 Å². The minimum atomic E-state index is -0.884. The molecule has 0 aliphatic carbocycles. The molecule has 1 N–H and O–H groups in total. The van der Waals surface area contributed by atoms with Crippen molar-refractivity contribution in [3.63, 3.8) is 0 Å². The highest BCUT2D eigenvalue weighted by Gasteiger charge is 2.31. The number of carboxylic acid groups (broad SMARTS) is 1. The van der Waals surface area contributed by atoms with E-state index in [0.29, 0.717) is 19.3 Å². The lowest BCUT2D eigenvalue weighted by Crippen LogP contribution is -2.50. The molecule has 0 radical (unpaired) electrons. The van der Waals surface area contributed by atoms with Crippen LogP contribution >= 0.6 is 0 Å². The number of hydrogen-bond acceptors (Lipinski definition) is 6. The molecule has 0 saturated heterocycles. The number of likely N-dealkylation sites (N-methyl/N-ethyl adjacent to an activating group) is 1. The Labute approximate surface area is 325 Å². The van der Waals surface area contributed by atoms with Gasteiger partial charge in [0.15, 0.2) is 12.1 Å². The zero-order valence-corrected chi connectivity index (χ0v) is 34.7. The van der Waals surface area contributed by atoms with Crippen molar-refractivity contribution in [1.29, 1.82) is 0 Å². The van der Waals surface area contributed by atoms with Crippen LogP contribution in [-0.4, -0.2) is 80.6 Å². The average molecular weight is 747 g/mol. The number of allylic oxidation sites excluding steroid dienone is 8. The maximum Gasteiger partial charge on any atom is 0.362 e. The fraction of sp³-hybridized carbons (Fsp3) is 0.756. The van der Waals surface area contributed by atoms with Crippen LogP contribution in [-0.2, 0) is 28.6 Å². The second-order valence-corrected chi connectivity index (χ2v) is 15.2. The number of esters is 2. The van der Waals surface area contributed by atoms with Crippen molar-refractivity contribution < 1.29 is 38.2 Å². The number of quaternary nitrogens is 1. The summed E-state index contributed by atoms with van der Waals surface area (Å²) in [6.07, 6.45) is 41.6. The molecule has 8 heteroatoms. The zero-order chi connectivity index (χ0) is 39.3. The summed E-state index contributed by atoms with van der Waals surface area (Å²) in [5.74, 6) is -1.55. The largest absolute Gasteiger partial charge is 0.477 e. The van der Waals surface area contributed by atoms with Crippen molar-refractivity contribution in [3.8, 4) is 0 Å². The minimum absolute atomic E-state index is 0.0413. The van der Waals surface area contributed by atoms with Crippen LogP contribution in [0.2, 0.25) is 0 Å². The molecule has 2 atom stereocenters. The number of ether oxygens (including phenoxy) is 3. The standard InChI is InChI=1S/C45H79NO7/c1-6-8-10-12-14-16-18-20-21-22-23-24-26-27-29-31-33-35-43(47)52-40-41(39-51-38-37-42(45(49)50)46(3,4)5)53-44(48)36-34-32-30-28-25-19-17-15-13-11-9-7-2/h15,17,20-21,23-24,27,29,41-42H,6-14,16,18-19,22,25-26,28,30-40H2,1-5H3/p+1/b17-15+,21-20+,24-23+,29-27+. The Balaban J connectivity index is 4.46. The number of nitrogens with zero attached hydrogens (tertiary/aromatic N) is 1. The van der Waals surface area contributed by atoms with Gasteiger partial charge in [-0.1, -0.05) is 127 Å². The number of carboxylic acids is 1. The van der Waals surface area contributed by atoms with Crippen molar-refractivity contribution in [3.05, 3.63) is 48.6 Å². The summed E-state index contributed by atoms with van der Waals surface area (Å²) < 4.78 is 17.2. The number of carbonyl (C=O) groups is 3. The molecule has 53 heavy (non-hydrogen) atoms. The SMILES string of the molecule is CCCCC/C=C/CCCCCCCC(=O)OC(COCCC(C(=O)O)[N+](C)(C)C)COC(=O)CCC/C=C/C/C=C/C/C=C/CCCCCCCC. The van der Waals surface area contributed by atoms with Gasteiger partial charge in [-0.15, -0.1) is 0 Å². The molecule has 0 aromatic heterocycles. The predicted octanol–water partition coefficient (Wildman–Crippen LogP) is 11.2. The molecule has 0 bridgehead atoms. The lowest BCUT2D eigenvalue weighted by atomic mass is 10.1. The van der Waals surface area contributed by atoms with Gasteiger partial charge in [0, 0.05) is 19.3 Å². The van der Waals surface area contributed by atoms with E-state index in [4.69, 9.17) is 14.2 Å². The maximum atomic E-state index is 12.7. The molecule has 0 aromatic carbocycles. The lowest BCUT2D eigenvalue weighted by molar-refractivity contribution is -0.887. The molecule has 8 nitrogen and oxygen atoms in total. The first-order valence-electron chi connectivity index (χ1n) is 21.2. The third-order valence-electron chi connectivity index (χ3n) is 9.20. The second kappa shape index (κ2) is 36.3. The quantitative estimate of drug-likeness (QED) is 0.0292. The van der Waals surface area contributed by atoms with Gasteiger partial charge < -0.3 is 23.8 Å². The third-order valence-corrected chi connectivity index (χ3v) is 9.20. The Kier molecular flexibility index (Phi) is 34.4. The molecule has 0 rings (SSSR count). The van der Waals surface area contributed by atoms with Crippen molar-refractivity contribution >= 4 is 17.9 Å². The fourth-order valence-electron chi connectivity index (χ4n) is 5.87. The topological polar surface area (TPSA) is 99.1 Å². The van der Waals surface area contributed by atoms with Crippen LogP contribution in [0.3, 0.4) is 0 Å². The van der Waals surface area contributed by atoms with Crippen LogP contribution in [0.1, 0.15) is 168 Å². The van der Waals surface area contributed by atoms with Crippen LogP contribution in [0.4, 0.5) is 0 Å². The molecule has 0 saturated carbocycles. The lowest BCUT2D eigenvalue weighted by Gasteiger charge is -2.31. The third kappa shape index (κ3) is 34.8. The van der Waals surface area contributed by atoms with Gasteiger partial charge in [-0.25, -0.2) is 4.79 Å². The van der Waals surface area contributed by atoms with E-state index in [0.717, 1.165) is 51.4 Å². The van der Waals surface area contributed by atoms with Crippen molar-refractivity contribution in [2.75, 3.05) is 41.0 Å². The molecule has 0 spiro atoms. The summed E-state index contributed by atoms with van der Waals surface area (Å²) in [6, 6.07) is -0.623. The van der Waals surface area contributed by atoms with Crippen LogP contribution in [0.25, 0.3) is 0 Å². The van der Waals surface area contributed by atoms with E-state index in [-0.39, 0.29) is 42.7 Å². The highest BCUT2D eigenvalue weighted by Crippen LogP contribution is 2.12. The van der Waals surface area contributed by atoms with Crippen molar-refractivity contribution in [1.82, 2.24) is 0 Å². The number of unbranched alkanes of at least 4 members (excludes halogenated alkanes) is 15. The predicted molar refractivity (Wildman–Crippen MR) is 220 cm³/mol. The normalized spacial score (nSPS) is 13.5. The van der Waals surface area contributed by atoms with Crippen LogP contribution in [0, 0.1) is 0 Å². The monoisotopic (exact) mass is 747 g/mol. The van der Waals surface area contributed by atoms with Gasteiger partial charge in [0.25, 0.3) is 0 Å². The molecule has 0 fully saturated rings. The van der Waals surface area contributed by atoms with Crippen LogP contribution in [0.5, 0.6) is 0 Å². The first-order chi connectivity index (χ1) is 25.6. The van der Waals surface area contributed by atoms with Gasteiger partial charge in [-0.3, -0.25) is 9.59 Å². The van der Waals surface area contributed by atoms with Crippen LogP contribution in [0.15, 0.2) is 48.6 Å². The summed E-state index contributed by atoms with van der Waals surface area (Å²) >= 11 is 0. The molecular formula is C45H80NO7+. The smallest absolute Gasteiger partial charge is 0.362 e. The van der Waals surface area contributed by atoms with Crippen LogP contribution < -0.4 is 0 Å². The first-order valence-corrected chi connectivity index (χ1v) is 21.2. The van der Waals surface area contributed by atoms with Crippen molar-refractivity contribution in [2.24, 2.45) is 0 Å². The summed E-state index contributed by atoms with van der Waals surface area (Å²) in [6.45, 7) is 4.63. The number of hydrogen-bond donors (Lipinski definition) is 1. The van der Waals surface area contributed by atoms with Crippen molar-refractivity contribution in [2.45, 2.75) is 180 Å². The van der Waals surface area contributed by atoms with Gasteiger partial charge >= 0.3 is 17.9 Å². The minimum Gasteiger partial charge on any atom is -0.477 e. The maximum absolute atomic E-state index is 12.7. The Morgan fingerprint density at radius 2 is 1.02 bits per heavy atom. The Hall–Kier alpha value is -2.71. The molecule has 2 unspecified atom stereocenters. The van der Waals surface area contributed by atoms with Gasteiger partial charge in [-0.2, -0.15) is 0 Å². The number of rotatable bonds is 37. The van der Waals surface area contributed by atoms with Gasteiger partial charge in [0.1, 0.15) is 6.61 Å². The second-order valence-electron chi connectivity index (χ2n) is 15.2. The van der Waals surface area contributed by atoms with Gasteiger partial charge in [0.2, 0.25) is 0 Å². The fourth-order valence-corrected chi connectivity index (χ4v) is 5.87. The van der Waals surface area contributed by atoms with E-state index in [2.05, 4.69) is 62.5 Å². The number of carbonyl (C=O) groups excluding carboxylic acids is 2. The molecule has 0 aromatic rings. The summed E-state index contributed by atoms with van der Waals surface area (Å²) in [4.78, 5) is 36.8. The molecule has 0 heterocycles. The highest BCUT2D eigenvalue weighted by molar-refractivity contribution is 5.72. The van der Waals surface area contributed by atoms with E-state index >= 15 is 0 Å². The molecular weight excluding hydrogens is 666 g/mol. The first kappa shape index (κ1) is 50.3. The van der Waals surface area contributed by atoms with E-state index in [9.17, 15) is 19.5 Å². The Morgan fingerprint density at radius 3 is 1.58 bits per heavy atom. The molecule has 0 aliphatic heterocycles. The molecule has 306 valence electrons. The average Bonchev–Trinajstić information content (AvgIpc) is 3.11. The van der Waals surface area contributed by atoms with E-state index < -0.39 is 18.1 Å². The highest BCUT2D eigenvalue weighted by atomic mass is 16.6. The summed E-state index contributed by atoms with van der Waals surface area (Å²) in [5, 5.41) is 9.60. The Bertz CT molecular complexity index is 1010. The zero-order valence-electron chi connectivity index (χ0n) is 34.7. The molecule has 0 aliphatic rings. The van der Waals surface area contributed by atoms with Gasteiger partial charge in [-0.05, 0) is 70.6 Å². The van der Waals surface area contributed by atoms with E-state index in [1.165, 1.54) is 77.0 Å². The van der Waals surface area contributed by atoms with Gasteiger partial charge in [0.05, 0.1) is 34.4 Å². The molecule has 0 amide bonds. The van der Waals surface area contributed by atoms with E-state index in [1.807, 2.05) is 21.1 Å². The number of aliphatic carboxylic acids is 1. The summed E-state index contributed by atoms with van der Waals surface area (Å²) in [5.41, 5.74) is 0.